The molecule has 0 spiro atoms. The molecule has 1 fully saturated rings. The van der Waals surface area contributed by atoms with Crippen LogP contribution in [-0.4, -0.2) is 158 Å². The lowest BCUT2D eigenvalue weighted by Crippen LogP contribution is -2.60. The summed E-state index contributed by atoms with van der Waals surface area (Å²) >= 11 is 1.38. The van der Waals surface area contributed by atoms with Gasteiger partial charge in [0.1, 0.15) is 36.3 Å². The van der Waals surface area contributed by atoms with E-state index in [-0.39, 0.29) is 25.8 Å². The lowest BCUT2D eigenvalue weighted by atomic mass is 10.0. The van der Waals surface area contributed by atoms with Crippen molar-refractivity contribution in [3.8, 4) is 0 Å². The number of benzene rings is 1. The first-order chi connectivity index (χ1) is 26.0. The minimum absolute atomic E-state index is 0.114. The Morgan fingerprint density at radius 1 is 0.745 bits per heavy atom. The summed E-state index contributed by atoms with van der Waals surface area (Å²) in [5.74, 6) is -9.91. The molecule has 0 aromatic heterocycles. The number of carbonyl (C=O) groups is 9. The molecule has 0 aliphatic carbocycles. The minimum atomic E-state index is -1.90. The largest absolute Gasteiger partial charge is 0.481 e. The summed E-state index contributed by atoms with van der Waals surface area (Å²) in [5.41, 5.74) is 6.24. The number of rotatable bonds is 23. The number of likely N-dealkylation sites (tertiary alicyclic amines) is 1. The van der Waals surface area contributed by atoms with E-state index < -0.39 is 122 Å². The van der Waals surface area contributed by atoms with E-state index in [9.17, 15) is 58.5 Å². The molecule has 2 rings (SSSR count). The number of hydrogen-bond donors (Lipinski definition) is 11. The van der Waals surface area contributed by atoms with Gasteiger partial charge >= 0.3 is 17.9 Å². The maximum Gasteiger partial charge on any atom is 0.328 e. The van der Waals surface area contributed by atoms with Crippen LogP contribution in [0.4, 0.5) is 0 Å². The molecule has 21 nitrogen and oxygen atoms in total. The van der Waals surface area contributed by atoms with Crippen molar-refractivity contribution in [3.05, 3.63) is 35.9 Å². The summed E-state index contributed by atoms with van der Waals surface area (Å²) in [6, 6.07) is -2.32. The lowest BCUT2D eigenvalue weighted by Gasteiger charge is -2.30. The van der Waals surface area contributed by atoms with Crippen molar-refractivity contribution in [1.29, 1.82) is 0 Å². The first kappa shape index (κ1) is 45.8. The highest BCUT2D eigenvalue weighted by atomic mass is 32.2. The Bertz CT molecular complexity index is 1550. The van der Waals surface area contributed by atoms with Crippen LogP contribution in [0, 0.1) is 0 Å². The van der Waals surface area contributed by atoms with Gasteiger partial charge in [-0.25, -0.2) is 4.79 Å². The van der Waals surface area contributed by atoms with Crippen LogP contribution in [-0.2, 0) is 49.6 Å². The van der Waals surface area contributed by atoms with Gasteiger partial charge in [-0.15, -0.1) is 0 Å². The standard InChI is InChI=1S/C33H47N7O14S/c1-55-11-9-19(35-27(47)18(34)13-25(43)44)32(52)40-10-5-8-24(40)31(51)37-20(12-17-6-3-2-4-7-17)28(48)38-22(15-41)30(50)36-21(14-26(45)46)29(49)39-23(16-42)33(53)54/h2-4,6-7,18-24,41-42H,5,8-16,34H2,1H3,(H,35,47)(H,36,50)(H,37,51)(H,38,48)(H,39,49)(H,43,44)(H,45,46)(H,53,54)/t18-,19-,20-,21-,22-,23-,24-/m0/s1. The average molecular weight is 798 g/mol. The van der Waals surface area contributed by atoms with Crippen LogP contribution in [0.2, 0.25) is 0 Å². The monoisotopic (exact) mass is 797 g/mol. The number of aliphatic hydroxyl groups excluding tert-OH is 2. The molecule has 55 heavy (non-hydrogen) atoms. The number of carboxylic acids is 3. The van der Waals surface area contributed by atoms with Crippen LogP contribution in [0.25, 0.3) is 0 Å². The van der Waals surface area contributed by atoms with Gasteiger partial charge in [0.25, 0.3) is 0 Å². The third-order valence-corrected chi connectivity index (χ3v) is 8.98. The molecule has 1 saturated heterocycles. The minimum Gasteiger partial charge on any atom is -0.481 e. The maximum atomic E-state index is 13.8. The number of nitrogens with zero attached hydrogens (tertiary/aromatic N) is 1. The molecule has 0 saturated carbocycles. The fraction of sp³-hybridized carbons (Fsp3) is 0.545. The summed E-state index contributed by atoms with van der Waals surface area (Å²) in [6.07, 6.45) is 0.600. The number of hydrogen-bond acceptors (Lipinski definition) is 13. The van der Waals surface area contributed by atoms with Crippen molar-refractivity contribution >= 4 is 65.1 Å². The number of carbonyl (C=O) groups excluding carboxylic acids is 6. The molecule has 0 bridgehead atoms. The van der Waals surface area contributed by atoms with Gasteiger partial charge in [-0.05, 0) is 36.8 Å². The van der Waals surface area contributed by atoms with E-state index in [1.807, 2.05) is 10.6 Å². The van der Waals surface area contributed by atoms with E-state index in [0.29, 0.717) is 17.7 Å². The zero-order valence-electron chi connectivity index (χ0n) is 29.8. The molecule has 12 N–H and O–H groups in total. The van der Waals surface area contributed by atoms with Crippen LogP contribution >= 0.6 is 11.8 Å². The molecular weight excluding hydrogens is 750 g/mol. The van der Waals surface area contributed by atoms with Crippen LogP contribution in [0.1, 0.15) is 37.7 Å². The highest BCUT2D eigenvalue weighted by Crippen LogP contribution is 2.20. The molecule has 1 aromatic carbocycles. The van der Waals surface area contributed by atoms with Gasteiger partial charge in [-0.2, -0.15) is 11.8 Å². The maximum absolute atomic E-state index is 13.8. The smallest absolute Gasteiger partial charge is 0.328 e. The topological polar surface area (TPSA) is 344 Å². The van der Waals surface area contributed by atoms with Crippen LogP contribution in [0.3, 0.4) is 0 Å². The second-order valence-corrected chi connectivity index (χ2v) is 13.5. The molecule has 304 valence electrons. The molecule has 7 atom stereocenters. The van der Waals surface area contributed by atoms with Crippen LogP contribution in [0.15, 0.2) is 30.3 Å². The first-order valence-corrected chi connectivity index (χ1v) is 18.4. The van der Waals surface area contributed by atoms with Gasteiger partial charge in [0, 0.05) is 13.0 Å². The summed E-state index contributed by atoms with van der Waals surface area (Å²) < 4.78 is 0. The number of thioether (sulfide) groups is 1. The molecule has 22 heteroatoms. The number of aliphatic carboxylic acids is 3. The zero-order chi connectivity index (χ0) is 41.2. The van der Waals surface area contributed by atoms with Crippen molar-refractivity contribution in [2.24, 2.45) is 5.73 Å². The third kappa shape index (κ3) is 14.8. The Morgan fingerprint density at radius 2 is 1.29 bits per heavy atom. The Morgan fingerprint density at radius 3 is 1.85 bits per heavy atom. The molecular formula is C33H47N7O14S. The normalized spacial score (nSPS) is 16.9. The number of nitrogens with one attached hydrogen (secondary N) is 5. The Kier molecular flexibility index (Phi) is 19.0. The molecule has 0 unspecified atom stereocenters. The summed E-state index contributed by atoms with van der Waals surface area (Å²) in [6.45, 7) is -2.00. The van der Waals surface area contributed by atoms with Gasteiger partial charge in [-0.3, -0.25) is 38.4 Å². The van der Waals surface area contributed by atoms with Crippen molar-refractivity contribution < 1.29 is 68.7 Å². The summed E-state index contributed by atoms with van der Waals surface area (Å²) in [5, 5.41) is 57.8. The number of nitrogens with two attached hydrogens (primary N) is 1. The molecule has 1 aliphatic rings. The van der Waals surface area contributed by atoms with Gasteiger partial charge in [0.05, 0.1) is 32.1 Å². The zero-order valence-corrected chi connectivity index (χ0v) is 30.7. The SMILES string of the molecule is CSCC[C@H](NC(=O)[C@@H](N)CC(=O)O)C(=O)N1CCC[C@H]1C(=O)N[C@@H](Cc1ccccc1)C(=O)N[C@@H](CO)C(=O)N[C@@H](CC(=O)O)C(=O)N[C@@H](CO)C(=O)O. The van der Waals surface area contributed by atoms with Crippen molar-refractivity contribution in [2.75, 3.05) is 31.8 Å². The number of amides is 6. The van der Waals surface area contributed by atoms with Gasteiger partial charge in [-0.1, -0.05) is 30.3 Å². The van der Waals surface area contributed by atoms with E-state index in [1.54, 1.807) is 36.6 Å². The quantitative estimate of drug-likeness (QED) is 0.0499. The summed E-state index contributed by atoms with van der Waals surface area (Å²) in [4.78, 5) is 114. The average Bonchev–Trinajstić information content (AvgIpc) is 3.63. The number of carboxylic acid groups (broad SMARTS) is 3. The van der Waals surface area contributed by atoms with Gasteiger partial charge < -0.3 is 62.8 Å². The van der Waals surface area contributed by atoms with E-state index in [0.717, 1.165) is 0 Å². The Balaban J connectivity index is 2.29. The Hall–Kier alpha value is -5.32. The fourth-order valence-corrected chi connectivity index (χ4v) is 5.93. The second-order valence-electron chi connectivity index (χ2n) is 12.5. The molecule has 1 heterocycles. The lowest BCUT2D eigenvalue weighted by molar-refractivity contribution is -0.144. The summed E-state index contributed by atoms with van der Waals surface area (Å²) in [7, 11) is 0. The van der Waals surface area contributed by atoms with E-state index in [4.69, 9.17) is 15.9 Å². The van der Waals surface area contributed by atoms with Crippen molar-refractivity contribution in [2.45, 2.75) is 80.8 Å². The van der Waals surface area contributed by atoms with Crippen LogP contribution in [0.5, 0.6) is 0 Å². The number of aliphatic hydroxyl groups is 2. The second kappa shape index (κ2) is 22.8. The fourth-order valence-electron chi connectivity index (χ4n) is 5.46. The predicted molar refractivity (Wildman–Crippen MR) is 192 cm³/mol. The van der Waals surface area contributed by atoms with Crippen molar-refractivity contribution in [1.82, 2.24) is 31.5 Å². The first-order valence-electron chi connectivity index (χ1n) is 17.0. The van der Waals surface area contributed by atoms with E-state index >= 15 is 0 Å². The van der Waals surface area contributed by atoms with Gasteiger partial charge in [0.2, 0.25) is 35.4 Å². The third-order valence-electron chi connectivity index (χ3n) is 8.34. The van der Waals surface area contributed by atoms with E-state index in [1.165, 1.54) is 16.7 Å². The molecule has 6 amide bonds. The van der Waals surface area contributed by atoms with Crippen molar-refractivity contribution in [3.63, 3.8) is 0 Å². The molecule has 1 aromatic rings. The van der Waals surface area contributed by atoms with E-state index in [2.05, 4.69) is 16.0 Å². The van der Waals surface area contributed by atoms with Crippen LogP contribution < -0.4 is 32.3 Å². The predicted octanol–water partition coefficient (Wildman–Crippen LogP) is -4.26. The highest BCUT2D eigenvalue weighted by Gasteiger charge is 2.40. The van der Waals surface area contributed by atoms with Gasteiger partial charge in [0.15, 0.2) is 0 Å². The Labute approximate surface area is 319 Å². The molecule has 1 aliphatic heterocycles. The highest BCUT2D eigenvalue weighted by molar-refractivity contribution is 7.98. The molecule has 0 radical (unpaired) electrons.